The molecule has 1 spiro atoms. The standard InChI is InChI=1S/C25H40N2O6/c1-6-8-9-13-26(12-7-2)22(30)20-25-11-10-24(5,33-25)19(23(31)32)18(25)21(29)27(20)17(15-28)14-16(3)4/h7,16-20,28H,2,6,8-15H2,1,3-5H3,(H,31,32)/t17-,18+,19-,20?,24+,25?/m1/s1. The number of hydrogen-bond acceptors (Lipinski definition) is 5. The summed E-state index contributed by atoms with van der Waals surface area (Å²) in [6.45, 7) is 12.2. The summed E-state index contributed by atoms with van der Waals surface area (Å²) < 4.78 is 6.43. The van der Waals surface area contributed by atoms with Crippen LogP contribution in [0.2, 0.25) is 0 Å². The van der Waals surface area contributed by atoms with Gasteiger partial charge in [0.2, 0.25) is 11.8 Å². The van der Waals surface area contributed by atoms with Gasteiger partial charge in [-0.05, 0) is 38.5 Å². The van der Waals surface area contributed by atoms with E-state index in [9.17, 15) is 24.6 Å². The first-order valence-electron chi connectivity index (χ1n) is 12.3. The molecule has 6 atom stereocenters. The number of rotatable bonds is 12. The number of amides is 2. The third-order valence-corrected chi connectivity index (χ3v) is 7.75. The number of fused-ring (bicyclic) bond motifs is 1. The van der Waals surface area contributed by atoms with Crippen LogP contribution >= 0.6 is 0 Å². The summed E-state index contributed by atoms with van der Waals surface area (Å²) >= 11 is 0. The van der Waals surface area contributed by atoms with Crippen LogP contribution in [-0.4, -0.2) is 80.8 Å². The number of ether oxygens (including phenoxy) is 1. The van der Waals surface area contributed by atoms with Gasteiger partial charge in [-0.15, -0.1) is 6.58 Å². The summed E-state index contributed by atoms with van der Waals surface area (Å²) in [7, 11) is 0. The third-order valence-electron chi connectivity index (χ3n) is 7.75. The highest BCUT2D eigenvalue weighted by Crippen LogP contribution is 2.63. The highest BCUT2D eigenvalue weighted by Gasteiger charge is 2.78. The van der Waals surface area contributed by atoms with E-state index in [1.807, 2.05) is 13.8 Å². The Morgan fingerprint density at radius 3 is 2.58 bits per heavy atom. The Balaban J connectivity index is 2.07. The van der Waals surface area contributed by atoms with Gasteiger partial charge in [-0.25, -0.2) is 0 Å². The topological polar surface area (TPSA) is 107 Å². The number of hydrogen-bond donors (Lipinski definition) is 2. The Morgan fingerprint density at radius 1 is 1.33 bits per heavy atom. The molecule has 3 saturated heterocycles. The number of aliphatic hydroxyl groups is 1. The van der Waals surface area contributed by atoms with Crippen molar-refractivity contribution in [2.24, 2.45) is 17.8 Å². The number of aliphatic hydroxyl groups excluding tert-OH is 1. The van der Waals surface area contributed by atoms with Gasteiger partial charge in [-0.3, -0.25) is 14.4 Å². The second kappa shape index (κ2) is 9.74. The number of carboxylic acid groups (broad SMARTS) is 1. The van der Waals surface area contributed by atoms with Crippen molar-refractivity contribution < 1.29 is 29.3 Å². The van der Waals surface area contributed by atoms with Crippen molar-refractivity contribution in [1.82, 2.24) is 9.80 Å². The zero-order chi connectivity index (χ0) is 24.6. The second-order valence-electron chi connectivity index (χ2n) is 10.6. The normalized spacial score (nSPS) is 33.5. The number of unbranched alkanes of at least 4 members (excludes halogenated alkanes) is 2. The van der Waals surface area contributed by atoms with Crippen LogP contribution in [0.4, 0.5) is 0 Å². The fourth-order valence-electron chi connectivity index (χ4n) is 6.41. The maximum absolute atomic E-state index is 14.1. The van der Waals surface area contributed by atoms with Crippen LogP contribution in [0, 0.1) is 17.8 Å². The number of likely N-dealkylation sites (tertiary alicyclic amines) is 1. The Labute approximate surface area is 196 Å². The Kier molecular flexibility index (Phi) is 7.58. The summed E-state index contributed by atoms with van der Waals surface area (Å²) in [5.41, 5.74) is -2.16. The summed E-state index contributed by atoms with van der Waals surface area (Å²) in [4.78, 5) is 43.4. The lowest BCUT2D eigenvalue weighted by Crippen LogP contribution is -2.59. The van der Waals surface area contributed by atoms with Crippen LogP contribution < -0.4 is 0 Å². The van der Waals surface area contributed by atoms with E-state index in [0.717, 1.165) is 19.3 Å². The van der Waals surface area contributed by atoms with Crippen LogP contribution in [0.5, 0.6) is 0 Å². The molecule has 186 valence electrons. The van der Waals surface area contributed by atoms with Gasteiger partial charge in [0.25, 0.3) is 0 Å². The van der Waals surface area contributed by atoms with Crippen LogP contribution in [0.1, 0.15) is 66.2 Å². The largest absolute Gasteiger partial charge is 0.481 e. The third kappa shape index (κ3) is 4.20. The highest BCUT2D eigenvalue weighted by molar-refractivity contribution is 5.98. The van der Waals surface area contributed by atoms with Crippen LogP contribution in [0.3, 0.4) is 0 Å². The van der Waals surface area contributed by atoms with Crippen molar-refractivity contribution in [3.05, 3.63) is 12.7 Å². The van der Waals surface area contributed by atoms with E-state index in [0.29, 0.717) is 32.4 Å². The number of aliphatic carboxylic acids is 1. The van der Waals surface area contributed by atoms with Gasteiger partial charge in [0, 0.05) is 13.1 Å². The average Bonchev–Trinajstić information content (AvgIpc) is 3.31. The summed E-state index contributed by atoms with van der Waals surface area (Å²) in [5.74, 6) is -3.44. The first-order valence-corrected chi connectivity index (χ1v) is 12.3. The van der Waals surface area contributed by atoms with Crippen LogP contribution in [-0.2, 0) is 19.1 Å². The Hall–Kier alpha value is -1.93. The molecule has 0 saturated carbocycles. The smallest absolute Gasteiger partial charge is 0.310 e. The monoisotopic (exact) mass is 464 g/mol. The summed E-state index contributed by atoms with van der Waals surface area (Å²) in [6.07, 6.45) is 5.94. The molecule has 0 aromatic heterocycles. The number of nitrogens with zero attached hydrogens (tertiary/aromatic N) is 2. The number of carbonyl (C=O) groups excluding carboxylic acids is 2. The van der Waals surface area contributed by atoms with Gasteiger partial charge >= 0.3 is 5.97 Å². The van der Waals surface area contributed by atoms with Crippen molar-refractivity contribution in [2.45, 2.75) is 89.5 Å². The number of carboxylic acids is 1. The van der Waals surface area contributed by atoms with Crippen molar-refractivity contribution in [3.63, 3.8) is 0 Å². The molecule has 2 bridgehead atoms. The second-order valence-corrected chi connectivity index (χ2v) is 10.6. The molecule has 0 aromatic carbocycles. The molecule has 3 heterocycles. The molecule has 8 nitrogen and oxygen atoms in total. The Morgan fingerprint density at radius 2 is 2.03 bits per heavy atom. The predicted molar refractivity (Wildman–Crippen MR) is 123 cm³/mol. The minimum Gasteiger partial charge on any atom is -0.481 e. The van der Waals surface area contributed by atoms with Gasteiger partial charge in [0.05, 0.1) is 30.1 Å². The molecular formula is C25H40N2O6. The lowest BCUT2D eigenvalue weighted by molar-refractivity contribution is -0.158. The van der Waals surface area contributed by atoms with E-state index in [-0.39, 0.29) is 24.3 Å². The van der Waals surface area contributed by atoms with Crippen LogP contribution in [0.15, 0.2) is 12.7 Å². The zero-order valence-corrected chi connectivity index (χ0v) is 20.5. The predicted octanol–water partition coefficient (Wildman–Crippen LogP) is 2.45. The first-order chi connectivity index (χ1) is 15.6. The molecule has 3 fully saturated rings. The molecule has 2 amide bonds. The molecule has 8 heteroatoms. The van der Waals surface area contributed by atoms with Crippen molar-refractivity contribution in [1.29, 1.82) is 0 Å². The molecule has 2 unspecified atom stereocenters. The van der Waals surface area contributed by atoms with Crippen molar-refractivity contribution in [2.75, 3.05) is 19.7 Å². The van der Waals surface area contributed by atoms with Crippen LogP contribution in [0.25, 0.3) is 0 Å². The van der Waals surface area contributed by atoms with E-state index in [2.05, 4.69) is 13.5 Å². The highest BCUT2D eigenvalue weighted by atomic mass is 16.5. The van der Waals surface area contributed by atoms with Gasteiger partial charge in [-0.1, -0.05) is 39.7 Å². The molecular weight excluding hydrogens is 424 g/mol. The summed E-state index contributed by atoms with van der Waals surface area (Å²) in [5, 5.41) is 20.3. The quantitative estimate of drug-likeness (QED) is 0.339. The van der Waals surface area contributed by atoms with Gasteiger partial charge in [-0.2, -0.15) is 0 Å². The minimum atomic E-state index is -1.18. The van der Waals surface area contributed by atoms with Gasteiger partial charge in [0.15, 0.2) is 0 Å². The van der Waals surface area contributed by atoms with Crippen molar-refractivity contribution in [3.8, 4) is 0 Å². The molecule has 3 aliphatic rings. The molecule has 0 aliphatic carbocycles. The molecule has 2 N–H and O–H groups in total. The molecule has 0 aromatic rings. The molecule has 33 heavy (non-hydrogen) atoms. The van der Waals surface area contributed by atoms with E-state index >= 15 is 0 Å². The lowest BCUT2D eigenvalue weighted by atomic mass is 9.66. The average molecular weight is 465 g/mol. The van der Waals surface area contributed by atoms with Gasteiger partial charge in [0.1, 0.15) is 11.6 Å². The molecule has 3 aliphatic heterocycles. The van der Waals surface area contributed by atoms with Crippen molar-refractivity contribution >= 4 is 17.8 Å². The fraction of sp³-hybridized carbons (Fsp3) is 0.800. The van der Waals surface area contributed by atoms with E-state index in [1.165, 1.54) is 4.90 Å². The van der Waals surface area contributed by atoms with E-state index in [4.69, 9.17) is 4.74 Å². The molecule has 3 rings (SSSR count). The first kappa shape index (κ1) is 25.7. The Bertz CT molecular complexity index is 785. The maximum Gasteiger partial charge on any atom is 0.310 e. The lowest BCUT2D eigenvalue weighted by Gasteiger charge is -2.40. The summed E-state index contributed by atoms with van der Waals surface area (Å²) in [6, 6.07) is -1.52. The zero-order valence-electron chi connectivity index (χ0n) is 20.5. The molecule has 0 radical (unpaired) electrons. The fourth-order valence-corrected chi connectivity index (χ4v) is 6.41. The van der Waals surface area contributed by atoms with E-state index in [1.54, 1.807) is 17.9 Å². The maximum atomic E-state index is 14.1. The van der Waals surface area contributed by atoms with Gasteiger partial charge < -0.3 is 24.7 Å². The SMILES string of the molecule is C=CCN(CCCCC)C(=O)C1N([C@@H](CO)CC(C)C)C(=O)[C@@H]2[C@H](C(=O)O)[C@]3(C)CCC12O3. The van der Waals surface area contributed by atoms with E-state index < -0.39 is 41.1 Å². The minimum absolute atomic E-state index is 0.183. The number of carbonyl (C=O) groups is 3.